The molecule has 0 amide bonds. The normalized spacial score (nSPS) is 31.6. The van der Waals surface area contributed by atoms with E-state index >= 15 is 0 Å². The zero-order valence-corrected chi connectivity index (χ0v) is 8.76. The van der Waals surface area contributed by atoms with Gasteiger partial charge in [0.2, 0.25) is 0 Å². The van der Waals surface area contributed by atoms with E-state index in [1.165, 1.54) is 51.9 Å². The quantitative estimate of drug-likeness (QED) is 0.711. The lowest BCUT2D eigenvalue weighted by Gasteiger charge is -2.36. The third kappa shape index (κ3) is 2.44. The van der Waals surface area contributed by atoms with Gasteiger partial charge in [0.25, 0.3) is 0 Å². The Kier molecular flexibility index (Phi) is 3.23. The average molecular weight is 182 g/mol. The van der Waals surface area contributed by atoms with E-state index in [1.807, 2.05) is 0 Å². The van der Waals surface area contributed by atoms with Crippen molar-refractivity contribution in [1.82, 2.24) is 10.2 Å². The molecule has 2 nitrogen and oxygen atoms in total. The van der Waals surface area contributed by atoms with E-state index < -0.39 is 0 Å². The van der Waals surface area contributed by atoms with Gasteiger partial charge < -0.3 is 10.2 Å². The first kappa shape index (κ1) is 9.47. The Hall–Kier alpha value is -0.0800. The van der Waals surface area contributed by atoms with Crippen LogP contribution in [-0.2, 0) is 0 Å². The van der Waals surface area contributed by atoms with Crippen molar-refractivity contribution in [1.29, 1.82) is 0 Å². The highest BCUT2D eigenvalue weighted by Gasteiger charge is 2.21. The molecule has 0 radical (unpaired) electrons. The molecule has 1 atom stereocenters. The van der Waals surface area contributed by atoms with Gasteiger partial charge in [-0.15, -0.1) is 0 Å². The lowest BCUT2D eigenvalue weighted by Crippen LogP contribution is -2.45. The first-order chi connectivity index (χ1) is 6.36. The fraction of sp³-hybridized carbons (Fsp3) is 1.00. The number of likely N-dealkylation sites (tertiary alicyclic amines) is 1. The molecule has 0 aromatic rings. The van der Waals surface area contributed by atoms with Crippen molar-refractivity contribution < 1.29 is 0 Å². The molecule has 76 valence electrons. The minimum Gasteiger partial charge on any atom is -0.316 e. The summed E-state index contributed by atoms with van der Waals surface area (Å²) in [5, 5.41) is 3.34. The molecule has 2 aliphatic rings. The molecule has 13 heavy (non-hydrogen) atoms. The predicted molar refractivity (Wildman–Crippen MR) is 55.9 cm³/mol. The van der Waals surface area contributed by atoms with Crippen LogP contribution in [0.3, 0.4) is 0 Å². The van der Waals surface area contributed by atoms with Gasteiger partial charge in [0, 0.05) is 6.04 Å². The fourth-order valence-corrected chi connectivity index (χ4v) is 2.39. The molecule has 0 spiro atoms. The van der Waals surface area contributed by atoms with E-state index in [2.05, 4.69) is 17.1 Å². The number of nitrogens with zero attached hydrogens (tertiary/aromatic N) is 1. The zero-order valence-electron chi connectivity index (χ0n) is 8.76. The smallest absolute Gasteiger partial charge is 0.00669 e. The third-order valence-electron chi connectivity index (χ3n) is 3.63. The Bertz CT molecular complexity index is 154. The van der Waals surface area contributed by atoms with Crippen LogP contribution >= 0.6 is 0 Å². The van der Waals surface area contributed by atoms with Crippen molar-refractivity contribution in [3.63, 3.8) is 0 Å². The van der Waals surface area contributed by atoms with Gasteiger partial charge in [-0.2, -0.15) is 0 Å². The summed E-state index contributed by atoms with van der Waals surface area (Å²) in [7, 11) is 0. The zero-order chi connectivity index (χ0) is 9.10. The first-order valence-electron chi connectivity index (χ1n) is 5.81. The molecule has 0 saturated carbocycles. The van der Waals surface area contributed by atoms with Crippen LogP contribution in [0.2, 0.25) is 0 Å². The summed E-state index contributed by atoms with van der Waals surface area (Å²) >= 11 is 0. The van der Waals surface area contributed by atoms with Gasteiger partial charge in [-0.1, -0.05) is 6.42 Å². The number of piperidine rings is 1. The standard InChI is InChI=1S/C11H22N2/c1-10-4-2-3-6-13(10)7-5-11-8-12-9-11/h10-12H,2-9H2,1H3. The number of hydrogen-bond acceptors (Lipinski definition) is 2. The van der Waals surface area contributed by atoms with Gasteiger partial charge >= 0.3 is 0 Å². The number of hydrogen-bond donors (Lipinski definition) is 1. The molecule has 2 heterocycles. The molecule has 2 saturated heterocycles. The van der Waals surface area contributed by atoms with Crippen LogP contribution in [0.1, 0.15) is 32.6 Å². The van der Waals surface area contributed by atoms with Crippen molar-refractivity contribution >= 4 is 0 Å². The van der Waals surface area contributed by atoms with E-state index in [9.17, 15) is 0 Å². The van der Waals surface area contributed by atoms with Crippen LogP contribution < -0.4 is 5.32 Å². The molecule has 1 unspecified atom stereocenters. The predicted octanol–water partition coefficient (Wildman–Crippen LogP) is 1.47. The molecule has 1 N–H and O–H groups in total. The summed E-state index contributed by atoms with van der Waals surface area (Å²) in [5.74, 6) is 0.981. The number of nitrogens with one attached hydrogen (secondary N) is 1. The minimum atomic E-state index is 0.849. The molecular weight excluding hydrogens is 160 g/mol. The monoisotopic (exact) mass is 182 g/mol. The van der Waals surface area contributed by atoms with Crippen molar-refractivity contribution in [2.45, 2.75) is 38.6 Å². The van der Waals surface area contributed by atoms with E-state index in [0.717, 1.165) is 12.0 Å². The van der Waals surface area contributed by atoms with Crippen LogP contribution in [0.5, 0.6) is 0 Å². The van der Waals surface area contributed by atoms with Gasteiger partial charge in [0.15, 0.2) is 0 Å². The molecule has 0 aromatic heterocycles. The molecule has 0 bridgehead atoms. The largest absolute Gasteiger partial charge is 0.316 e. The number of rotatable bonds is 3. The molecule has 2 rings (SSSR count). The van der Waals surface area contributed by atoms with Gasteiger partial charge in [0.1, 0.15) is 0 Å². The van der Waals surface area contributed by atoms with Crippen LogP contribution in [0.15, 0.2) is 0 Å². The van der Waals surface area contributed by atoms with Crippen molar-refractivity contribution in [3.05, 3.63) is 0 Å². The summed E-state index contributed by atoms with van der Waals surface area (Å²) in [4.78, 5) is 2.68. The Morgan fingerprint density at radius 2 is 2.15 bits per heavy atom. The molecule has 2 aliphatic heterocycles. The van der Waals surface area contributed by atoms with Crippen LogP contribution in [0.25, 0.3) is 0 Å². The summed E-state index contributed by atoms with van der Waals surface area (Å²) in [6.45, 7) is 7.61. The summed E-state index contributed by atoms with van der Waals surface area (Å²) < 4.78 is 0. The maximum atomic E-state index is 3.34. The van der Waals surface area contributed by atoms with Crippen LogP contribution in [-0.4, -0.2) is 37.1 Å². The Morgan fingerprint density at radius 1 is 1.31 bits per heavy atom. The van der Waals surface area contributed by atoms with E-state index in [4.69, 9.17) is 0 Å². The molecular formula is C11H22N2. The highest BCUT2D eigenvalue weighted by atomic mass is 15.2. The second-order valence-corrected chi connectivity index (χ2v) is 4.69. The Labute approximate surface area is 81.7 Å². The second kappa shape index (κ2) is 4.43. The van der Waals surface area contributed by atoms with Gasteiger partial charge in [-0.25, -0.2) is 0 Å². The summed E-state index contributed by atoms with van der Waals surface area (Å²) in [5.41, 5.74) is 0. The molecule has 0 aliphatic carbocycles. The summed E-state index contributed by atoms with van der Waals surface area (Å²) in [6.07, 6.45) is 5.70. The highest BCUT2D eigenvalue weighted by Crippen LogP contribution is 2.18. The average Bonchev–Trinajstić information content (AvgIpc) is 2.05. The third-order valence-corrected chi connectivity index (χ3v) is 3.63. The van der Waals surface area contributed by atoms with Gasteiger partial charge in [-0.3, -0.25) is 0 Å². The van der Waals surface area contributed by atoms with Crippen LogP contribution in [0.4, 0.5) is 0 Å². The minimum absolute atomic E-state index is 0.849. The maximum Gasteiger partial charge on any atom is 0.00669 e. The molecule has 0 aromatic carbocycles. The topological polar surface area (TPSA) is 15.3 Å². The maximum absolute atomic E-state index is 3.34. The molecule has 2 heteroatoms. The molecule has 2 fully saturated rings. The SMILES string of the molecule is CC1CCCCN1CCC1CNC1. The lowest BCUT2D eigenvalue weighted by atomic mass is 9.97. The van der Waals surface area contributed by atoms with Crippen molar-refractivity contribution in [2.75, 3.05) is 26.2 Å². The lowest BCUT2D eigenvalue weighted by molar-refractivity contribution is 0.142. The Balaban J connectivity index is 1.66. The van der Waals surface area contributed by atoms with E-state index in [1.54, 1.807) is 0 Å². The highest BCUT2D eigenvalue weighted by molar-refractivity contribution is 4.78. The summed E-state index contributed by atoms with van der Waals surface area (Å²) in [6, 6.07) is 0.849. The van der Waals surface area contributed by atoms with Gasteiger partial charge in [-0.05, 0) is 58.3 Å². The van der Waals surface area contributed by atoms with Gasteiger partial charge in [0.05, 0.1) is 0 Å². The van der Waals surface area contributed by atoms with E-state index in [-0.39, 0.29) is 0 Å². The fourth-order valence-electron chi connectivity index (χ4n) is 2.39. The first-order valence-corrected chi connectivity index (χ1v) is 5.81. The Morgan fingerprint density at radius 3 is 2.77 bits per heavy atom. The second-order valence-electron chi connectivity index (χ2n) is 4.69. The van der Waals surface area contributed by atoms with Crippen molar-refractivity contribution in [2.24, 2.45) is 5.92 Å². The van der Waals surface area contributed by atoms with E-state index in [0.29, 0.717) is 0 Å². The van der Waals surface area contributed by atoms with Crippen molar-refractivity contribution in [3.8, 4) is 0 Å². The van der Waals surface area contributed by atoms with Crippen LogP contribution in [0, 0.1) is 5.92 Å².